The van der Waals surface area contributed by atoms with Crippen LogP contribution in [0, 0.1) is 23.6 Å². The molecule has 0 radical (unpaired) electrons. The van der Waals surface area contributed by atoms with Crippen LogP contribution in [0.4, 0.5) is 4.39 Å². The van der Waals surface area contributed by atoms with Crippen molar-refractivity contribution in [2.45, 2.75) is 32.1 Å². The van der Waals surface area contributed by atoms with Crippen LogP contribution in [0.2, 0.25) is 0 Å². The number of hydrogen-bond acceptors (Lipinski definition) is 2. The van der Waals surface area contributed by atoms with Crippen LogP contribution in [0.15, 0.2) is 24.3 Å². The SMILES string of the molecule is O=C(CC1CC2CCC1C2)c1cc2ccc(F)cc2s1. The summed E-state index contributed by atoms with van der Waals surface area (Å²) >= 11 is 1.43. The van der Waals surface area contributed by atoms with Gasteiger partial charge < -0.3 is 0 Å². The van der Waals surface area contributed by atoms with E-state index < -0.39 is 0 Å². The highest BCUT2D eigenvalue weighted by molar-refractivity contribution is 7.20. The lowest BCUT2D eigenvalue weighted by Crippen LogP contribution is -2.14. The maximum absolute atomic E-state index is 13.2. The number of fused-ring (bicyclic) bond motifs is 3. The third kappa shape index (κ3) is 2.08. The van der Waals surface area contributed by atoms with Crippen LogP contribution in [0.5, 0.6) is 0 Å². The van der Waals surface area contributed by atoms with Gasteiger partial charge in [0.15, 0.2) is 5.78 Å². The number of hydrogen-bond donors (Lipinski definition) is 0. The monoisotopic (exact) mass is 288 g/mol. The minimum Gasteiger partial charge on any atom is -0.293 e. The van der Waals surface area contributed by atoms with E-state index in [4.69, 9.17) is 0 Å². The normalized spacial score (nSPS) is 28.4. The van der Waals surface area contributed by atoms with Crippen molar-refractivity contribution in [1.29, 1.82) is 0 Å². The standard InChI is InChI=1S/C17H17FOS/c18-14-4-3-12-8-17(20-16(12)9-14)15(19)7-13-6-10-1-2-11(13)5-10/h3-4,8-11,13H,1-2,5-7H2. The zero-order valence-electron chi connectivity index (χ0n) is 11.3. The third-order valence-electron chi connectivity index (χ3n) is 5.09. The first-order valence-corrected chi connectivity index (χ1v) is 8.23. The fourth-order valence-corrected chi connectivity index (χ4v) is 5.14. The van der Waals surface area contributed by atoms with Gasteiger partial charge in [-0.05, 0) is 60.6 Å². The van der Waals surface area contributed by atoms with Crippen molar-refractivity contribution in [3.63, 3.8) is 0 Å². The second kappa shape index (κ2) is 4.66. The van der Waals surface area contributed by atoms with Gasteiger partial charge in [-0.2, -0.15) is 0 Å². The number of rotatable bonds is 3. The highest BCUT2D eigenvalue weighted by Gasteiger charge is 2.40. The molecule has 2 bridgehead atoms. The molecule has 0 spiro atoms. The Labute approximate surface area is 121 Å². The molecule has 3 unspecified atom stereocenters. The summed E-state index contributed by atoms with van der Waals surface area (Å²) in [6.45, 7) is 0. The number of carbonyl (C=O) groups excluding carboxylic acids is 1. The molecule has 3 heteroatoms. The van der Waals surface area contributed by atoms with Crippen LogP contribution in [-0.4, -0.2) is 5.78 Å². The fraction of sp³-hybridized carbons (Fsp3) is 0.471. The summed E-state index contributed by atoms with van der Waals surface area (Å²) < 4.78 is 14.1. The van der Waals surface area contributed by atoms with Crippen molar-refractivity contribution in [2.75, 3.05) is 0 Å². The molecule has 1 aromatic carbocycles. The van der Waals surface area contributed by atoms with Gasteiger partial charge >= 0.3 is 0 Å². The van der Waals surface area contributed by atoms with Gasteiger partial charge in [0.2, 0.25) is 0 Å². The molecular formula is C17H17FOS. The van der Waals surface area contributed by atoms with E-state index in [0.717, 1.165) is 26.8 Å². The second-order valence-corrected chi connectivity index (χ2v) is 7.44. The molecule has 1 nitrogen and oxygen atoms in total. The average Bonchev–Trinajstić information content (AvgIpc) is 3.11. The van der Waals surface area contributed by atoms with Crippen LogP contribution in [0.1, 0.15) is 41.8 Å². The molecule has 2 aromatic rings. The van der Waals surface area contributed by atoms with Crippen molar-refractivity contribution in [3.8, 4) is 0 Å². The van der Waals surface area contributed by atoms with Gasteiger partial charge in [-0.25, -0.2) is 4.39 Å². The van der Waals surface area contributed by atoms with Gasteiger partial charge in [0.05, 0.1) is 4.88 Å². The molecular weight excluding hydrogens is 271 g/mol. The topological polar surface area (TPSA) is 17.1 Å². The van der Waals surface area contributed by atoms with Gasteiger partial charge in [0.25, 0.3) is 0 Å². The summed E-state index contributed by atoms with van der Waals surface area (Å²) in [4.78, 5) is 13.2. The summed E-state index contributed by atoms with van der Waals surface area (Å²) in [5, 5.41) is 0.979. The average molecular weight is 288 g/mol. The molecule has 4 rings (SSSR count). The molecule has 2 aliphatic rings. The second-order valence-electron chi connectivity index (χ2n) is 6.36. The highest BCUT2D eigenvalue weighted by Crippen LogP contribution is 2.50. The van der Waals surface area contributed by atoms with Crippen LogP contribution in [0.3, 0.4) is 0 Å². The Morgan fingerprint density at radius 3 is 2.90 bits per heavy atom. The number of carbonyl (C=O) groups is 1. The Hall–Kier alpha value is -1.22. The Balaban J connectivity index is 1.54. The van der Waals surface area contributed by atoms with Crippen LogP contribution >= 0.6 is 11.3 Å². The Bertz CT molecular complexity index is 675. The first kappa shape index (κ1) is 12.5. The van der Waals surface area contributed by atoms with E-state index in [1.165, 1.54) is 49.2 Å². The number of ketones is 1. The van der Waals surface area contributed by atoms with E-state index in [0.29, 0.717) is 12.3 Å². The van der Waals surface area contributed by atoms with Crippen molar-refractivity contribution in [2.24, 2.45) is 17.8 Å². The fourth-order valence-electron chi connectivity index (χ4n) is 4.11. The highest BCUT2D eigenvalue weighted by atomic mass is 32.1. The summed E-state index contributed by atoms with van der Waals surface area (Å²) in [5.41, 5.74) is 0. The van der Waals surface area contributed by atoms with E-state index in [1.807, 2.05) is 6.07 Å². The van der Waals surface area contributed by atoms with Crippen molar-refractivity contribution in [3.05, 3.63) is 35.0 Å². The molecule has 2 saturated carbocycles. The number of thiophene rings is 1. The molecule has 2 fully saturated rings. The number of Topliss-reactive ketones (excluding diaryl/α,β-unsaturated/α-hetero) is 1. The zero-order valence-corrected chi connectivity index (χ0v) is 12.1. The van der Waals surface area contributed by atoms with Crippen molar-refractivity contribution < 1.29 is 9.18 Å². The Morgan fingerprint density at radius 2 is 2.15 bits per heavy atom. The van der Waals surface area contributed by atoms with E-state index in [1.54, 1.807) is 6.07 Å². The quantitative estimate of drug-likeness (QED) is 0.722. The van der Waals surface area contributed by atoms with E-state index >= 15 is 0 Å². The number of halogens is 1. The summed E-state index contributed by atoms with van der Waals surface area (Å²) in [6, 6.07) is 6.66. The Morgan fingerprint density at radius 1 is 1.25 bits per heavy atom. The smallest absolute Gasteiger partial charge is 0.173 e. The lowest BCUT2D eigenvalue weighted by atomic mass is 9.85. The summed E-state index contributed by atoms with van der Waals surface area (Å²) in [7, 11) is 0. The third-order valence-corrected chi connectivity index (χ3v) is 6.23. The predicted molar refractivity (Wildman–Crippen MR) is 79.7 cm³/mol. The zero-order chi connectivity index (χ0) is 13.7. The van der Waals surface area contributed by atoms with Gasteiger partial charge in [-0.15, -0.1) is 11.3 Å². The van der Waals surface area contributed by atoms with Crippen LogP contribution in [0.25, 0.3) is 10.1 Å². The first-order chi connectivity index (χ1) is 9.69. The summed E-state index contributed by atoms with van der Waals surface area (Å²) in [6.07, 6.45) is 5.97. The van der Waals surface area contributed by atoms with Gasteiger partial charge in [0.1, 0.15) is 5.82 Å². The minimum absolute atomic E-state index is 0.230. The molecule has 104 valence electrons. The Kier molecular flexibility index (Phi) is 2.92. The molecule has 1 aromatic heterocycles. The first-order valence-electron chi connectivity index (χ1n) is 7.41. The minimum atomic E-state index is -0.230. The molecule has 0 N–H and O–H groups in total. The molecule has 0 saturated heterocycles. The lowest BCUT2D eigenvalue weighted by molar-refractivity contribution is 0.0948. The number of benzene rings is 1. The maximum Gasteiger partial charge on any atom is 0.173 e. The predicted octanol–water partition coefficient (Wildman–Crippen LogP) is 5.05. The van der Waals surface area contributed by atoms with Crippen molar-refractivity contribution in [1.82, 2.24) is 0 Å². The van der Waals surface area contributed by atoms with E-state index in [2.05, 4.69) is 0 Å². The summed E-state index contributed by atoms with van der Waals surface area (Å²) in [5.74, 6) is 2.30. The van der Waals surface area contributed by atoms with Gasteiger partial charge in [-0.1, -0.05) is 12.5 Å². The van der Waals surface area contributed by atoms with Gasteiger partial charge in [0, 0.05) is 11.1 Å². The molecule has 0 aliphatic heterocycles. The molecule has 0 amide bonds. The van der Waals surface area contributed by atoms with Crippen molar-refractivity contribution >= 4 is 27.2 Å². The van der Waals surface area contributed by atoms with Crippen LogP contribution in [-0.2, 0) is 0 Å². The molecule has 3 atom stereocenters. The molecule has 1 heterocycles. The lowest BCUT2D eigenvalue weighted by Gasteiger charge is -2.20. The van der Waals surface area contributed by atoms with E-state index in [-0.39, 0.29) is 11.6 Å². The maximum atomic E-state index is 13.2. The van der Waals surface area contributed by atoms with E-state index in [9.17, 15) is 9.18 Å². The van der Waals surface area contributed by atoms with Gasteiger partial charge in [-0.3, -0.25) is 4.79 Å². The van der Waals surface area contributed by atoms with Crippen LogP contribution < -0.4 is 0 Å². The molecule has 2 aliphatic carbocycles. The largest absolute Gasteiger partial charge is 0.293 e. The molecule has 20 heavy (non-hydrogen) atoms.